The number of nitrogens with zero attached hydrogens (tertiary/aromatic N) is 1. The van der Waals surface area contributed by atoms with Gasteiger partial charge in [-0.2, -0.15) is 0 Å². The first-order valence-corrected chi connectivity index (χ1v) is 9.15. The molecule has 0 atom stereocenters. The average Bonchev–Trinajstić information content (AvgIpc) is 3.24. The van der Waals surface area contributed by atoms with E-state index in [1.54, 1.807) is 43.3 Å². The van der Waals surface area contributed by atoms with Gasteiger partial charge in [0.2, 0.25) is 0 Å². The second kappa shape index (κ2) is 7.46. The van der Waals surface area contributed by atoms with Crippen LogP contribution in [0, 0.1) is 17.0 Å². The number of nitro groups is 1. The lowest BCUT2D eigenvalue weighted by Crippen LogP contribution is -2.12. The van der Waals surface area contributed by atoms with E-state index in [0.29, 0.717) is 21.1 Å². The Bertz CT molecular complexity index is 980. The third kappa shape index (κ3) is 3.95. The van der Waals surface area contributed by atoms with Crippen LogP contribution in [0.1, 0.15) is 24.2 Å². The second-order valence-electron chi connectivity index (χ2n) is 5.28. The van der Waals surface area contributed by atoms with Gasteiger partial charge in [-0.3, -0.25) is 19.7 Å². The number of hydrogen-bond donors (Lipinski definition) is 2. The number of hydrogen-bond acceptors (Lipinski definition) is 6. The van der Waals surface area contributed by atoms with Crippen LogP contribution in [-0.2, 0) is 0 Å². The summed E-state index contributed by atoms with van der Waals surface area (Å²) in [6.45, 7) is 1.60. The van der Waals surface area contributed by atoms with Gasteiger partial charge in [0.05, 0.1) is 19.6 Å². The van der Waals surface area contributed by atoms with Gasteiger partial charge >= 0.3 is 0 Å². The fourth-order valence-electron chi connectivity index (χ4n) is 2.23. The Morgan fingerprint density at radius 1 is 1.00 bits per heavy atom. The minimum absolute atomic E-state index is 0.0721. The molecule has 0 aliphatic heterocycles. The van der Waals surface area contributed by atoms with Crippen molar-refractivity contribution in [3.05, 3.63) is 72.6 Å². The van der Waals surface area contributed by atoms with Gasteiger partial charge < -0.3 is 10.6 Å². The van der Waals surface area contributed by atoms with Gasteiger partial charge in [-0.25, -0.2) is 0 Å². The molecule has 1 aromatic carbocycles. The zero-order valence-corrected chi connectivity index (χ0v) is 15.1. The van der Waals surface area contributed by atoms with Gasteiger partial charge in [-0.15, -0.1) is 22.7 Å². The standard InChI is InChI=1S/C17H13N3O4S2/c1-10-13(20(23)24)9-15(26-10)17(22)19-12-5-2-4-11(8-12)18-16(21)14-6-3-7-25-14/h2-9H,1H3,(H,18,21)(H,19,22). The molecule has 0 radical (unpaired) electrons. The molecule has 7 nitrogen and oxygen atoms in total. The second-order valence-corrected chi connectivity index (χ2v) is 7.48. The van der Waals surface area contributed by atoms with E-state index in [9.17, 15) is 19.7 Å². The third-order valence-corrected chi connectivity index (χ3v) is 5.34. The maximum atomic E-state index is 12.3. The van der Waals surface area contributed by atoms with Crippen molar-refractivity contribution in [2.45, 2.75) is 6.92 Å². The fraction of sp³-hybridized carbons (Fsp3) is 0.0588. The minimum atomic E-state index is -0.511. The summed E-state index contributed by atoms with van der Waals surface area (Å²) >= 11 is 2.39. The van der Waals surface area contributed by atoms with Crippen molar-refractivity contribution in [3.8, 4) is 0 Å². The predicted octanol–water partition coefficient (Wildman–Crippen LogP) is 4.53. The van der Waals surface area contributed by atoms with Crippen LogP contribution in [0.3, 0.4) is 0 Å². The first-order valence-electron chi connectivity index (χ1n) is 7.45. The molecule has 2 heterocycles. The highest BCUT2D eigenvalue weighted by atomic mass is 32.1. The SMILES string of the molecule is Cc1sc(C(=O)Nc2cccc(NC(=O)c3cccs3)c2)cc1[N+](=O)[O-]. The molecule has 3 aromatic rings. The molecule has 0 aliphatic carbocycles. The van der Waals surface area contributed by atoms with Crippen molar-refractivity contribution in [1.29, 1.82) is 0 Å². The normalized spacial score (nSPS) is 10.3. The number of nitrogens with one attached hydrogen (secondary N) is 2. The lowest BCUT2D eigenvalue weighted by Gasteiger charge is -2.07. The molecule has 9 heteroatoms. The van der Waals surface area contributed by atoms with Gasteiger partial charge in [-0.05, 0) is 36.6 Å². The maximum absolute atomic E-state index is 12.3. The highest BCUT2D eigenvalue weighted by Gasteiger charge is 2.19. The van der Waals surface area contributed by atoms with Crippen LogP contribution in [0.15, 0.2) is 47.8 Å². The average molecular weight is 387 g/mol. The Kier molecular flexibility index (Phi) is 5.10. The lowest BCUT2D eigenvalue weighted by molar-refractivity contribution is -0.385. The Labute approximate surface area is 156 Å². The zero-order valence-electron chi connectivity index (χ0n) is 13.5. The summed E-state index contributed by atoms with van der Waals surface area (Å²) in [5.41, 5.74) is 0.944. The highest BCUT2D eigenvalue weighted by Crippen LogP contribution is 2.29. The van der Waals surface area contributed by atoms with E-state index in [0.717, 1.165) is 11.3 Å². The predicted molar refractivity (Wildman–Crippen MR) is 102 cm³/mol. The maximum Gasteiger partial charge on any atom is 0.283 e. The van der Waals surface area contributed by atoms with Crippen molar-refractivity contribution in [1.82, 2.24) is 0 Å². The van der Waals surface area contributed by atoms with E-state index in [4.69, 9.17) is 0 Å². The number of benzene rings is 1. The first-order chi connectivity index (χ1) is 12.4. The van der Waals surface area contributed by atoms with Crippen molar-refractivity contribution < 1.29 is 14.5 Å². The molecule has 0 aliphatic rings. The molecule has 0 saturated heterocycles. The summed E-state index contributed by atoms with van der Waals surface area (Å²) < 4.78 is 0. The molecule has 0 spiro atoms. The molecular formula is C17H13N3O4S2. The van der Waals surface area contributed by atoms with E-state index in [2.05, 4.69) is 10.6 Å². The number of rotatable bonds is 5. The van der Waals surface area contributed by atoms with Crippen LogP contribution in [0.4, 0.5) is 17.1 Å². The smallest absolute Gasteiger partial charge is 0.283 e. The zero-order chi connectivity index (χ0) is 18.7. The molecule has 0 fully saturated rings. The van der Waals surface area contributed by atoms with E-state index < -0.39 is 10.8 Å². The first kappa shape index (κ1) is 17.8. The van der Waals surface area contributed by atoms with Gasteiger partial charge in [0.25, 0.3) is 17.5 Å². The van der Waals surface area contributed by atoms with Crippen LogP contribution < -0.4 is 10.6 Å². The summed E-state index contributed by atoms with van der Waals surface area (Å²) in [7, 11) is 0. The molecule has 2 aromatic heterocycles. The quantitative estimate of drug-likeness (QED) is 0.496. The molecular weight excluding hydrogens is 374 g/mol. The number of aryl methyl sites for hydroxylation is 1. The van der Waals surface area contributed by atoms with Crippen molar-refractivity contribution in [2.75, 3.05) is 10.6 Å². The topological polar surface area (TPSA) is 101 Å². The number of amides is 2. The van der Waals surface area contributed by atoms with Gasteiger partial charge in [0.1, 0.15) is 0 Å². The van der Waals surface area contributed by atoms with E-state index in [1.165, 1.54) is 17.4 Å². The Morgan fingerprint density at radius 3 is 2.19 bits per heavy atom. The van der Waals surface area contributed by atoms with Gasteiger partial charge in [0.15, 0.2) is 0 Å². The summed E-state index contributed by atoms with van der Waals surface area (Å²) in [5.74, 6) is -0.666. The van der Waals surface area contributed by atoms with Gasteiger partial charge in [-0.1, -0.05) is 12.1 Å². The Morgan fingerprint density at radius 2 is 1.65 bits per heavy atom. The van der Waals surface area contributed by atoms with E-state index in [1.807, 2.05) is 5.38 Å². The monoisotopic (exact) mass is 387 g/mol. The Hall–Kier alpha value is -3.04. The van der Waals surface area contributed by atoms with Crippen LogP contribution in [0.2, 0.25) is 0 Å². The van der Waals surface area contributed by atoms with Crippen molar-refractivity contribution >= 4 is 51.6 Å². The van der Waals surface area contributed by atoms with Crippen molar-refractivity contribution in [2.24, 2.45) is 0 Å². The van der Waals surface area contributed by atoms with Gasteiger partial charge in [0, 0.05) is 17.4 Å². The van der Waals surface area contributed by atoms with Crippen LogP contribution >= 0.6 is 22.7 Å². The molecule has 0 bridgehead atoms. The molecule has 26 heavy (non-hydrogen) atoms. The number of carbonyl (C=O) groups excluding carboxylic acids is 2. The summed E-state index contributed by atoms with van der Waals surface area (Å²) in [6.07, 6.45) is 0. The number of carbonyl (C=O) groups is 2. The number of anilines is 2. The molecule has 3 rings (SSSR count). The van der Waals surface area contributed by atoms with E-state index >= 15 is 0 Å². The molecule has 0 unspecified atom stereocenters. The fourth-order valence-corrected chi connectivity index (χ4v) is 3.73. The summed E-state index contributed by atoms with van der Waals surface area (Å²) in [4.78, 5) is 36.1. The van der Waals surface area contributed by atoms with Crippen molar-refractivity contribution in [3.63, 3.8) is 0 Å². The molecule has 0 saturated carbocycles. The molecule has 132 valence electrons. The summed E-state index contributed by atoms with van der Waals surface area (Å²) in [6, 6.07) is 11.5. The van der Waals surface area contributed by atoms with Crippen LogP contribution in [0.25, 0.3) is 0 Å². The number of thiophene rings is 2. The third-order valence-electron chi connectivity index (χ3n) is 3.44. The van der Waals surface area contributed by atoms with E-state index in [-0.39, 0.29) is 16.5 Å². The lowest BCUT2D eigenvalue weighted by atomic mass is 10.2. The molecule has 2 amide bonds. The molecule has 2 N–H and O–H groups in total. The van der Waals surface area contributed by atoms with Crippen LogP contribution in [-0.4, -0.2) is 16.7 Å². The summed E-state index contributed by atoms with van der Waals surface area (Å²) in [5, 5.41) is 18.2. The Balaban J connectivity index is 1.72. The van der Waals surface area contributed by atoms with Crippen LogP contribution in [0.5, 0.6) is 0 Å². The largest absolute Gasteiger partial charge is 0.321 e. The highest BCUT2D eigenvalue weighted by molar-refractivity contribution is 7.14. The minimum Gasteiger partial charge on any atom is -0.321 e.